The first-order valence-electron chi connectivity index (χ1n) is 9.91. The second-order valence-corrected chi connectivity index (χ2v) is 7.02. The summed E-state index contributed by atoms with van der Waals surface area (Å²) in [5, 5.41) is 0. The van der Waals surface area contributed by atoms with Crippen LogP contribution in [0.15, 0.2) is 66.2 Å². The Morgan fingerprint density at radius 3 is 2.03 bits per heavy atom. The van der Waals surface area contributed by atoms with Crippen LogP contribution in [-0.4, -0.2) is 45.0 Å². The molecule has 1 heterocycles. The van der Waals surface area contributed by atoms with Gasteiger partial charge in [0, 0.05) is 6.92 Å². The zero-order valence-electron chi connectivity index (χ0n) is 17.7. The van der Waals surface area contributed by atoms with Gasteiger partial charge < -0.3 is 23.7 Å². The summed E-state index contributed by atoms with van der Waals surface area (Å²) >= 11 is 0. The van der Waals surface area contributed by atoms with Gasteiger partial charge in [-0.2, -0.15) is 0 Å². The molecule has 2 aromatic rings. The fraction of sp³-hybridized carbons (Fsp3) is 0.375. The molecule has 0 spiro atoms. The number of hydrogen-bond acceptors (Lipinski definition) is 6. The first-order valence-corrected chi connectivity index (χ1v) is 9.91. The molecule has 0 saturated heterocycles. The van der Waals surface area contributed by atoms with Crippen LogP contribution in [0, 0.1) is 0 Å². The molecule has 0 saturated carbocycles. The maximum absolute atomic E-state index is 6.20. The molecule has 0 bridgehead atoms. The molecule has 2 aromatic carbocycles. The summed E-state index contributed by atoms with van der Waals surface area (Å²) in [5.74, 6) is 2.25. The zero-order chi connectivity index (χ0) is 21.3. The number of methoxy groups -OCH3 is 2. The Balaban J connectivity index is 1.61. The standard InChI is InChI=1S/C24H29NO5/c1-5-23-24(29-15-19-8-12-21(27-4)13-9-19)22(25-17(2)30-23)16-28-14-18-6-10-20(26-3)11-7-18/h5-13,22-24H,1,14-16H2,2-4H3/t22-,23?,24+/m1/s1. The second-order valence-electron chi connectivity index (χ2n) is 7.02. The van der Waals surface area contributed by atoms with Gasteiger partial charge in [-0.25, -0.2) is 4.99 Å². The molecule has 6 nitrogen and oxygen atoms in total. The normalized spacial score (nSPS) is 20.8. The first kappa shape index (κ1) is 21.9. The van der Waals surface area contributed by atoms with Gasteiger partial charge >= 0.3 is 0 Å². The van der Waals surface area contributed by atoms with E-state index in [1.165, 1.54) is 0 Å². The zero-order valence-corrected chi connectivity index (χ0v) is 17.7. The number of nitrogens with zero attached hydrogens (tertiary/aromatic N) is 1. The highest BCUT2D eigenvalue weighted by molar-refractivity contribution is 5.74. The summed E-state index contributed by atoms with van der Waals surface area (Å²) in [6, 6.07) is 15.4. The Morgan fingerprint density at radius 1 is 0.933 bits per heavy atom. The van der Waals surface area contributed by atoms with E-state index in [2.05, 4.69) is 11.6 Å². The largest absolute Gasteiger partial charge is 0.497 e. The van der Waals surface area contributed by atoms with Crippen molar-refractivity contribution in [3.8, 4) is 11.5 Å². The van der Waals surface area contributed by atoms with Gasteiger partial charge in [-0.1, -0.05) is 30.8 Å². The summed E-state index contributed by atoms with van der Waals surface area (Å²) in [6.45, 7) is 7.08. The molecule has 6 heteroatoms. The van der Waals surface area contributed by atoms with Gasteiger partial charge in [-0.3, -0.25) is 0 Å². The maximum Gasteiger partial charge on any atom is 0.181 e. The van der Waals surface area contributed by atoms with Crippen molar-refractivity contribution in [1.29, 1.82) is 0 Å². The molecule has 3 rings (SSSR count). The van der Waals surface area contributed by atoms with Crippen molar-refractivity contribution in [2.24, 2.45) is 4.99 Å². The third-order valence-electron chi connectivity index (χ3n) is 4.91. The fourth-order valence-corrected chi connectivity index (χ4v) is 3.27. The molecule has 30 heavy (non-hydrogen) atoms. The third kappa shape index (κ3) is 5.84. The molecule has 1 aliphatic rings. The van der Waals surface area contributed by atoms with Crippen LogP contribution in [0.5, 0.6) is 11.5 Å². The van der Waals surface area contributed by atoms with Crippen LogP contribution in [0.3, 0.4) is 0 Å². The van der Waals surface area contributed by atoms with Crippen LogP contribution in [-0.2, 0) is 27.4 Å². The van der Waals surface area contributed by atoms with Crippen LogP contribution in [0.1, 0.15) is 18.1 Å². The molecule has 0 N–H and O–H groups in total. The van der Waals surface area contributed by atoms with E-state index in [0.29, 0.717) is 25.7 Å². The van der Waals surface area contributed by atoms with Crippen LogP contribution in [0.4, 0.5) is 0 Å². The minimum atomic E-state index is -0.288. The van der Waals surface area contributed by atoms with E-state index in [1.54, 1.807) is 20.3 Å². The van der Waals surface area contributed by atoms with E-state index in [-0.39, 0.29) is 18.2 Å². The van der Waals surface area contributed by atoms with Gasteiger partial charge in [-0.05, 0) is 41.5 Å². The average Bonchev–Trinajstić information content (AvgIpc) is 2.78. The van der Waals surface area contributed by atoms with Crippen molar-refractivity contribution in [3.63, 3.8) is 0 Å². The van der Waals surface area contributed by atoms with Crippen molar-refractivity contribution in [1.82, 2.24) is 0 Å². The second kappa shape index (κ2) is 10.8. The summed E-state index contributed by atoms with van der Waals surface area (Å²) in [4.78, 5) is 4.62. The molecular formula is C24H29NO5. The van der Waals surface area contributed by atoms with E-state index < -0.39 is 0 Å². The summed E-state index contributed by atoms with van der Waals surface area (Å²) in [7, 11) is 3.30. The number of rotatable bonds is 10. The van der Waals surface area contributed by atoms with Crippen molar-refractivity contribution >= 4 is 5.90 Å². The lowest BCUT2D eigenvalue weighted by Gasteiger charge is -2.34. The Labute approximate surface area is 178 Å². The van der Waals surface area contributed by atoms with Gasteiger partial charge in [0.25, 0.3) is 0 Å². The first-order chi connectivity index (χ1) is 14.6. The van der Waals surface area contributed by atoms with E-state index in [1.807, 2.05) is 55.5 Å². The van der Waals surface area contributed by atoms with Gasteiger partial charge in [0.2, 0.25) is 0 Å². The average molecular weight is 411 g/mol. The minimum Gasteiger partial charge on any atom is -0.497 e. The Bertz CT molecular complexity index is 832. The van der Waals surface area contributed by atoms with Crippen LogP contribution < -0.4 is 9.47 Å². The lowest BCUT2D eigenvalue weighted by atomic mass is 10.0. The van der Waals surface area contributed by atoms with E-state index >= 15 is 0 Å². The molecule has 0 aliphatic carbocycles. The highest BCUT2D eigenvalue weighted by Gasteiger charge is 2.34. The smallest absolute Gasteiger partial charge is 0.181 e. The highest BCUT2D eigenvalue weighted by atomic mass is 16.6. The van der Waals surface area contributed by atoms with E-state index in [9.17, 15) is 0 Å². The summed E-state index contributed by atoms with van der Waals surface area (Å²) < 4.78 is 28.4. The van der Waals surface area contributed by atoms with Crippen LogP contribution in [0.25, 0.3) is 0 Å². The molecule has 1 aliphatic heterocycles. The minimum absolute atomic E-state index is 0.182. The summed E-state index contributed by atoms with van der Waals surface area (Å²) in [6.07, 6.45) is 1.19. The molecule has 0 aromatic heterocycles. The highest BCUT2D eigenvalue weighted by Crippen LogP contribution is 2.22. The Hall–Kier alpha value is -2.83. The van der Waals surface area contributed by atoms with E-state index in [4.69, 9.17) is 23.7 Å². The van der Waals surface area contributed by atoms with Crippen molar-refractivity contribution in [3.05, 3.63) is 72.3 Å². The number of hydrogen-bond donors (Lipinski definition) is 0. The lowest BCUT2D eigenvalue weighted by Crippen LogP contribution is -2.46. The molecule has 0 radical (unpaired) electrons. The van der Waals surface area contributed by atoms with Gasteiger partial charge in [0.1, 0.15) is 29.7 Å². The van der Waals surface area contributed by atoms with Gasteiger partial charge in [-0.15, -0.1) is 0 Å². The Morgan fingerprint density at radius 2 is 1.50 bits per heavy atom. The number of benzene rings is 2. The monoisotopic (exact) mass is 411 g/mol. The molecule has 1 unspecified atom stereocenters. The fourth-order valence-electron chi connectivity index (χ4n) is 3.27. The predicted molar refractivity (Wildman–Crippen MR) is 116 cm³/mol. The number of ether oxygens (including phenoxy) is 5. The lowest BCUT2D eigenvalue weighted by molar-refractivity contribution is -0.0628. The molecular weight excluding hydrogens is 382 g/mol. The topological polar surface area (TPSA) is 58.5 Å². The quantitative estimate of drug-likeness (QED) is 0.549. The third-order valence-corrected chi connectivity index (χ3v) is 4.91. The molecule has 160 valence electrons. The van der Waals surface area contributed by atoms with Crippen molar-refractivity contribution in [2.45, 2.75) is 38.4 Å². The predicted octanol–water partition coefficient (Wildman–Crippen LogP) is 4.18. The van der Waals surface area contributed by atoms with Crippen LogP contribution in [0.2, 0.25) is 0 Å². The van der Waals surface area contributed by atoms with E-state index in [0.717, 1.165) is 22.6 Å². The summed E-state index contributed by atoms with van der Waals surface area (Å²) in [5.41, 5.74) is 2.11. The maximum atomic E-state index is 6.20. The van der Waals surface area contributed by atoms with Crippen molar-refractivity contribution in [2.75, 3.05) is 20.8 Å². The molecule has 0 amide bonds. The van der Waals surface area contributed by atoms with Gasteiger partial charge in [0.15, 0.2) is 5.90 Å². The Kier molecular flexibility index (Phi) is 7.88. The van der Waals surface area contributed by atoms with Gasteiger partial charge in [0.05, 0.1) is 34.0 Å². The van der Waals surface area contributed by atoms with Crippen molar-refractivity contribution < 1.29 is 23.7 Å². The SMILES string of the molecule is C=CC1OC(C)=N[C@H](COCc2ccc(OC)cc2)[C@@H]1OCc1ccc(OC)cc1. The number of aliphatic imine (C=N–C) groups is 1. The van der Waals surface area contributed by atoms with Crippen LogP contribution >= 0.6 is 0 Å². The molecule has 0 fully saturated rings. The molecule has 3 atom stereocenters.